The molecular formula is C16H20N4O. The Morgan fingerprint density at radius 3 is 2.76 bits per heavy atom. The lowest BCUT2D eigenvalue weighted by Gasteiger charge is -2.13. The number of aryl methyl sites for hydroxylation is 1. The highest BCUT2D eigenvalue weighted by molar-refractivity contribution is 6.00. The Morgan fingerprint density at radius 2 is 2.05 bits per heavy atom. The predicted molar refractivity (Wildman–Crippen MR) is 85.5 cm³/mol. The van der Waals surface area contributed by atoms with E-state index in [-0.39, 0.29) is 12.1 Å². The van der Waals surface area contributed by atoms with E-state index in [0.29, 0.717) is 5.69 Å². The van der Waals surface area contributed by atoms with Crippen LogP contribution in [0.25, 0.3) is 0 Å². The van der Waals surface area contributed by atoms with Gasteiger partial charge in [-0.05, 0) is 50.2 Å². The first-order valence-electron chi connectivity index (χ1n) is 6.86. The number of amides is 2. The number of hydrogen-bond donors (Lipinski definition) is 3. The molecule has 110 valence electrons. The van der Waals surface area contributed by atoms with Crippen LogP contribution in [0, 0.1) is 6.92 Å². The maximum Gasteiger partial charge on any atom is 0.323 e. The summed E-state index contributed by atoms with van der Waals surface area (Å²) in [5, 5.41) is 8.80. The largest absolute Gasteiger partial charge is 0.323 e. The fraction of sp³-hybridized carbons (Fsp3) is 0.250. The molecule has 3 N–H and O–H groups in total. The molecule has 5 heteroatoms. The van der Waals surface area contributed by atoms with Gasteiger partial charge in [-0.15, -0.1) is 0 Å². The molecule has 2 amide bonds. The fourth-order valence-electron chi connectivity index (χ4n) is 1.93. The standard InChI is InChI=1S/C16H20N4O/c1-11-7-8-18-10-15(11)20-16(21)19-14-6-4-5-13(9-14)12(2)17-3/h4-10,12,17H,1-3H3,(H2,19,20,21). The molecule has 1 aromatic heterocycles. The third kappa shape index (κ3) is 4.03. The monoisotopic (exact) mass is 284 g/mol. The highest BCUT2D eigenvalue weighted by Crippen LogP contribution is 2.18. The van der Waals surface area contributed by atoms with E-state index < -0.39 is 0 Å². The summed E-state index contributed by atoms with van der Waals surface area (Å²) in [6, 6.07) is 9.57. The SMILES string of the molecule is CNC(C)c1cccc(NC(=O)Nc2cnccc2C)c1. The van der Waals surface area contributed by atoms with Gasteiger partial charge in [0.25, 0.3) is 0 Å². The zero-order valence-electron chi connectivity index (χ0n) is 12.5. The number of pyridine rings is 1. The molecule has 0 aliphatic rings. The molecule has 0 aliphatic heterocycles. The van der Waals surface area contributed by atoms with Crippen LogP contribution in [-0.2, 0) is 0 Å². The number of carbonyl (C=O) groups excluding carboxylic acids is 1. The first-order valence-corrected chi connectivity index (χ1v) is 6.86. The van der Waals surface area contributed by atoms with Crippen molar-refractivity contribution in [2.24, 2.45) is 0 Å². The van der Waals surface area contributed by atoms with E-state index in [2.05, 4.69) is 27.9 Å². The van der Waals surface area contributed by atoms with Gasteiger partial charge in [0.1, 0.15) is 0 Å². The number of hydrogen-bond acceptors (Lipinski definition) is 3. The van der Waals surface area contributed by atoms with Crippen molar-refractivity contribution in [3.05, 3.63) is 53.9 Å². The van der Waals surface area contributed by atoms with Gasteiger partial charge in [0, 0.05) is 17.9 Å². The minimum absolute atomic E-state index is 0.232. The fourth-order valence-corrected chi connectivity index (χ4v) is 1.93. The van der Waals surface area contributed by atoms with Crippen LogP contribution in [-0.4, -0.2) is 18.1 Å². The van der Waals surface area contributed by atoms with Gasteiger partial charge in [-0.1, -0.05) is 12.1 Å². The normalized spacial score (nSPS) is 11.8. The molecule has 1 atom stereocenters. The summed E-state index contributed by atoms with van der Waals surface area (Å²) in [5.74, 6) is 0. The number of carbonyl (C=O) groups is 1. The van der Waals surface area contributed by atoms with E-state index in [1.807, 2.05) is 44.3 Å². The highest BCUT2D eigenvalue weighted by Gasteiger charge is 2.07. The van der Waals surface area contributed by atoms with Crippen LogP contribution in [0.4, 0.5) is 16.2 Å². The summed E-state index contributed by atoms with van der Waals surface area (Å²) in [5.41, 5.74) is 3.55. The van der Waals surface area contributed by atoms with E-state index in [9.17, 15) is 4.79 Å². The van der Waals surface area contributed by atoms with Crippen molar-refractivity contribution in [1.82, 2.24) is 10.3 Å². The summed E-state index contributed by atoms with van der Waals surface area (Å²) >= 11 is 0. The van der Waals surface area contributed by atoms with Gasteiger partial charge in [0.2, 0.25) is 0 Å². The van der Waals surface area contributed by atoms with Gasteiger partial charge in [-0.3, -0.25) is 4.98 Å². The molecule has 2 aromatic rings. The Labute approximate surface area is 124 Å². The lowest BCUT2D eigenvalue weighted by Crippen LogP contribution is -2.20. The Balaban J connectivity index is 2.05. The van der Waals surface area contributed by atoms with Gasteiger partial charge in [-0.2, -0.15) is 0 Å². The van der Waals surface area contributed by atoms with Gasteiger partial charge in [0.05, 0.1) is 11.9 Å². The first-order chi connectivity index (χ1) is 10.1. The van der Waals surface area contributed by atoms with Crippen LogP contribution >= 0.6 is 0 Å². The second kappa shape index (κ2) is 6.85. The molecular weight excluding hydrogens is 264 g/mol. The van der Waals surface area contributed by atoms with Gasteiger partial charge < -0.3 is 16.0 Å². The molecule has 0 bridgehead atoms. The second-order valence-corrected chi connectivity index (χ2v) is 4.91. The number of anilines is 2. The number of nitrogens with one attached hydrogen (secondary N) is 3. The van der Waals surface area contributed by atoms with Gasteiger partial charge >= 0.3 is 6.03 Å². The molecule has 0 fully saturated rings. The zero-order valence-corrected chi connectivity index (χ0v) is 12.5. The molecule has 21 heavy (non-hydrogen) atoms. The third-order valence-electron chi connectivity index (χ3n) is 3.36. The minimum Gasteiger partial charge on any atom is -0.313 e. The van der Waals surface area contributed by atoms with Crippen LogP contribution in [0.1, 0.15) is 24.1 Å². The van der Waals surface area contributed by atoms with Crippen LogP contribution < -0.4 is 16.0 Å². The van der Waals surface area contributed by atoms with Crippen molar-refractivity contribution in [2.75, 3.05) is 17.7 Å². The predicted octanol–water partition coefficient (Wildman–Crippen LogP) is 3.31. The van der Waals surface area contributed by atoms with E-state index >= 15 is 0 Å². The van der Waals surface area contributed by atoms with Gasteiger partial charge in [-0.25, -0.2) is 4.79 Å². The quantitative estimate of drug-likeness (QED) is 0.807. The summed E-state index contributed by atoms with van der Waals surface area (Å²) in [6.07, 6.45) is 3.33. The molecule has 0 aliphatic carbocycles. The Kier molecular flexibility index (Phi) is 4.90. The molecule has 2 rings (SSSR count). The minimum atomic E-state index is -0.277. The number of benzene rings is 1. The van der Waals surface area contributed by atoms with Crippen molar-refractivity contribution in [2.45, 2.75) is 19.9 Å². The highest BCUT2D eigenvalue weighted by atomic mass is 16.2. The van der Waals surface area contributed by atoms with Crippen molar-refractivity contribution in [3.63, 3.8) is 0 Å². The molecule has 5 nitrogen and oxygen atoms in total. The summed E-state index contributed by atoms with van der Waals surface area (Å²) in [7, 11) is 1.91. The number of aromatic nitrogens is 1. The summed E-state index contributed by atoms with van der Waals surface area (Å²) in [6.45, 7) is 3.99. The zero-order chi connectivity index (χ0) is 15.2. The average molecular weight is 284 g/mol. The topological polar surface area (TPSA) is 66.0 Å². The Hall–Kier alpha value is -2.40. The maximum atomic E-state index is 12.0. The molecule has 0 saturated heterocycles. The molecule has 0 spiro atoms. The van der Waals surface area contributed by atoms with Crippen LogP contribution in [0.2, 0.25) is 0 Å². The van der Waals surface area contributed by atoms with E-state index in [4.69, 9.17) is 0 Å². The average Bonchev–Trinajstić information content (AvgIpc) is 2.49. The smallest absolute Gasteiger partial charge is 0.313 e. The summed E-state index contributed by atoms with van der Waals surface area (Å²) in [4.78, 5) is 16.0. The van der Waals surface area contributed by atoms with Crippen LogP contribution in [0.5, 0.6) is 0 Å². The number of nitrogens with zero attached hydrogens (tertiary/aromatic N) is 1. The van der Waals surface area contributed by atoms with Gasteiger partial charge in [0.15, 0.2) is 0 Å². The van der Waals surface area contributed by atoms with E-state index in [1.54, 1.807) is 12.4 Å². The first kappa shape index (κ1) is 15.0. The maximum absolute atomic E-state index is 12.0. The number of urea groups is 1. The molecule has 0 saturated carbocycles. The molecule has 0 radical (unpaired) electrons. The van der Waals surface area contributed by atoms with Crippen molar-refractivity contribution in [3.8, 4) is 0 Å². The Bertz CT molecular complexity index is 627. The molecule has 1 unspecified atom stereocenters. The number of rotatable bonds is 4. The van der Waals surface area contributed by atoms with Crippen molar-refractivity contribution >= 4 is 17.4 Å². The molecule has 1 aromatic carbocycles. The van der Waals surface area contributed by atoms with E-state index in [1.165, 1.54) is 0 Å². The molecule has 1 heterocycles. The van der Waals surface area contributed by atoms with Crippen LogP contribution in [0.3, 0.4) is 0 Å². The van der Waals surface area contributed by atoms with Crippen molar-refractivity contribution in [1.29, 1.82) is 0 Å². The third-order valence-corrected chi connectivity index (χ3v) is 3.36. The lowest BCUT2D eigenvalue weighted by atomic mass is 10.1. The Morgan fingerprint density at radius 1 is 1.24 bits per heavy atom. The lowest BCUT2D eigenvalue weighted by molar-refractivity contribution is 0.262. The van der Waals surface area contributed by atoms with Crippen molar-refractivity contribution < 1.29 is 4.79 Å². The van der Waals surface area contributed by atoms with E-state index in [0.717, 1.165) is 16.8 Å². The van der Waals surface area contributed by atoms with Crippen LogP contribution in [0.15, 0.2) is 42.7 Å². The second-order valence-electron chi connectivity index (χ2n) is 4.91. The summed E-state index contributed by atoms with van der Waals surface area (Å²) < 4.78 is 0.